The van der Waals surface area contributed by atoms with Crippen molar-refractivity contribution in [3.63, 3.8) is 0 Å². The summed E-state index contributed by atoms with van der Waals surface area (Å²) in [7, 11) is 1.65. The first-order valence-electron chi connectivity index (χ1n) is 8.26. The molecule has 0 unspecified atom stereocenters. The van der Waals surface area contributed by atoms with Crippen LogP contribution in [0.4, 0.5) is 10.6 Å². The number of likely N-dealkylation sites (tertiary alicyclic amines) is 1. The number of rotatable bonds is 4. The zero-order valence-corrected chi connectivity index (χ0v) is 13.4. The molecule has 3 rings (SSSR count). The van der Waals surface area contributed by atoms with E-state index in [9.17, 15) is 9.59 Å². The molecule has 1 aromatic rings. The van der Waals surface area contributed by atoms with Crippen molar-refractivity contribution in [1.82, 2.24) is 20.4 Å². The Morgan fingerprint density at radius 3 is 2.48 bits per heavy atom. The van der Waals surface area contributed by atoms with Gasteiger partial charge in [0, 0.05) is 32.5 Å². The third-order valence-corrected chi connectivity index (χ3v) is 4.57. The van der Waals surface area contributed by atoms with E-state index in [4.69, 9.17) is 0 Å². The number of nitrogens with one attached hydrogen (secondary N) is 2. The molecular weight excluding hydrogens is 294 g/mol. The summed E-state index contributed by atoms with van der Waals surface area (Å²) in [6, 6.07) is 3.61. The van der Waals surface area contributed by atoms with Crippen molar-refractivity contribution in [3.05, 3.63) is 17.8 Å². The molecule has 3 amide bonds. The normalized spacial score (nSPS) is 18.6. The summed E-state index contributed by atoms with van der Waals surface area (Å²) in [6.45, 7) is 1.34. The van der Waals surface area contributed by atoms with Crippen LogP contribution in [0.25, 0.3) is 0 Å². The van der Waals surface area contributed by atoms with E-state index in [-0.39, 0.29) is 11.9 Å². The maximum absolute atomic E-state index is 12.3. The highest BCUT2D eigenvalue weighted by Gasteiger charge is 2.26. The average Bonchev–Trinajstić information content (AvgIpc) is 3.41. The number of carbonyl (C=O) groups is 2. The summed E-state index contributed by atoms with van der Waals surface area (Å²) in [6.07, 6.45) is 4.62. The van der Waals surface area contributed by atoms with Gasteiger partial charge in [-0.2, -0.15) is 5.10 Å². The molecular formula is C16H23N5O2. The average molecular weight is 317 g/mol. The topological polar surface area (TPSA) is 87.2 Å². The Morgan fingerprint density at radius 2 is 1.91 bits per heavy atom. The minimum Gasteiger partial charge on any atom is -0.359 e. The molecule has 0 atom stereocenters. The van der Waals surface area contributed by atoms with E-state index in [0.717, 1.165) is 18.5 Å². The summed E-state index contributed by atoms with van der Waals surface area (Å²) in [5.74, 6) is 1.48. The summed E-state index contributed by atoms with van der Waals surface area (Å²) in [5.41, 5.74) is 1.01. The molecule has 0 radical (unpaired) electrons. The quantitative estimate of drug-likeness (QED) is 0.885. The second kappa shape index (κ2) is 6.93. The summed E-state index contributed by atoms with van der Waals surface area (Å²) < 4.78 is 0. The zero-order valence-electron chi connectivity index (χ0n) is 13.4. The minimum absolute atomic E-state index is 0.0685. The largest absolute Gasteiger partial charge is 0.359 e. The van der Waals surface area contributed by atoms with Crippen molar-refractivity contribution in [2.24, 2.45) is 5.92 Å². The van der Waals surface area contributed by atoms with E-state index in [0.29, 0.717) is 37.2 Å². The van der Waals surface area contributed by atoms with E-state index in [1.54, 1.807) is 11.9 Å². The molecule has 2 heterocycles. The fourth-order valence-corrected chi connectivity index (χ4v) is 2.90. The molecule has 23 heavy (non-hydrogen) atoms. The van der Waals surface area contributed by atoms with E-state index in [2.05, 4.69) is 20.8 Å². The minimum atomic E-state index is -0.142. The van der Waals surface area contributed by atoms with Crippen LogP contribution in [0.15, 0.2) is 12.1 Å². The molecule has 2 N–H and O–H groups in total. The third-order valence-electron chi connectivity index (χ3n) is 4.57. The molecule has 1 aliphatic carbocycles. The highest BCUT2D eigenvalue weighted by Crippen LogP contribution is 2.38. The number of amides is 3. The van der Waals surface area contributed by atoms with Gasteiger partial charge in [-0.15, -0.1) is 5.10 Å². The van der Waals surface area contributed by atoms with Crippen molar-refractivity contribution in [2.45, 2.75) is 38.0 Å². The number of piperidine rings is 1. The van der Waals surface area contributed by atoms with Gasteiger partial charge < -0.3 is 10.2 Å². The Labute approximate surface area is 135 Å². The van der Waals surface area contributed by atoms with E-state index >= 15 is 0 Å². The van der Waals surface area contributed by atoms with E-state index in [1.807, 2.05) is 12.1 Å². The van der Waals surface area contributed by atoms with Crippen molar-refractivity contribution < 1.29 is 9.59 Å². The lowest BCUT2D eigenvalue weighted by Gasteiger charge is -2.31. The van der Waals surface area contributed by atoms with Crippen LogP contribution in [0.2, 0.25) is 0 Å². The second-order valence-corrected chi connectivity index (χ2v) is 6.36. The number of carbonyl (C=O) groups excluding carboxylic acids is 2. The van der Waals surface area contributed by atoms with Gasteiger partial charge in [0.2, 0.25) is 5.91 Å². The number of anilines is 1. The third kappa shape index (κ3) is 4.18. The highest BCUT2D eigenvalue weighted by atomic mass is 16.2. The van der Waals surface area contributed by atoms with E-state index < -0.39 is 0 Å². The van der Waals surface area contributed by atoms with Crippen LogP contribution < -0.4 is 10.6 Å². The molecule has 1 aliphatic heterocycles. The smallest absolute Gasteiger partial charge is 0.323 e. The first kappa shape index (κ1) is 15.7. The van der Waals surface area contributed by atoms with Gasteiger partial charge in [0.05, 0.1) is 5.69 Å². The van der Waals surface area contributed by atoms with Gasteiger partial charge in [-0.1, -0.05) is 0 Å². The SMILES string of the molecule is CNC(=O)CC1CCN(C(=O)Nc2ccc(C3CC3)nn2)CC1. The fourth-order valence-electron chi connectivity index (χ4n) is 2.90. The molecule has 7 nitrogen and oxygen atoms in total. The van der Waals surface area contributed by atoms with Crippen LogP contribution in [-0.4, -0.2) is 47.2 Å². The van der Waals surface area contributed by atoms with Crippen LogP contribution >= 0.6 is 0 Å². The lowest BCUT2D eigenvalue weighted by Crippen LogP contribution is -2.41. The molecule has 124 valence electrons. The maximum Gasteiger partial charge on any atom is 0.323 e. The van der Waals surface area contributed by atoms with Gasteiger partial charge in [0.25, 0.3) is 0 Å². The van der Waals surface area contributed by atoms with Crippen molar-refractivity contribution in [1.29, 1.82) is 0 Å². The Kier molecular flexibility index (Phi) is 4.73. The standard InChI is InChI=1S/C16H23N5O2/c1-17-15(22)10-11-6-8-21(9-7-11)16(23)18-14-5-4-13(19-20-14)12-2-3-12/h4-5,11-12H,2-3,6-10H2,1H3,(H,17,22)(H,18,20,23). The van der Waals surface area contributed by atoms with Gasteiger partial charge in [-0.3, -0.25) is 10.1 Å². The van der Waals surface area contributed by atoms with E-state index in [1.165, 1.54) is 12.8 Å². The van der Waals surface area contributed by atoms with Crippen molar-refractivity contribution >= 4 is 17.8 Å². The Hall–Kier alpha value is -2.18. The zero-order chi connectivity index (χ0) is 16.2. The monoisotopic (exact) mass is 317 g/mol. The molecule has 1 saturated heterocycles. The first-order valence-corrected chi connectivity index (χ1v) is 8.26. The van der Waals surface area contributed by atoms with Crippen LogP contribution in [0.3, 0.4) is 0 Å². The summed E-state index contributed by atoms with van der Waals surface area (Å²) >= 11 is 0. The summed E-state index contributed by atoms with van der Waals surface area (Å²) in [5, 5.41) is 13.7. The lowest BCUT2D eigenvalue weighted by molar-refractivity contribution is -0.121. The molecule has 0 spiro atoms. The number of hydrogen-bond donors (Lipinski definition) is 2. The van der Waals surface area contributed by atoms with Gasteiger partial charge >= 0.3 is 6.03 Å². The number of urea groups is 1. The number of aromatic nitrogens is 2. The van der Waals surface area contributed by atoms with Crippen molar-refractivity contribution in [2.75, 3.05) is 25.5 Å². The first-order chi connectivity index (χ1) is 11.2. The number of hydrogen-bond acceptors (Lipinski definition) is 4. The molecule has 1 aromatic heterocycles. The van der Waals surface area contributed by atoms with Crippen LogP contribution in [0.1, 0.15) is 43.7 Å². The molecule has 0 aromatic carbocycles. The Balaban J connectivity index is 1.46. The molecule has 7 heteroatoms. The van der Waals surface area contributed by atoms with Gasteiger partial charge in [0.15, 0.2) is 5.82 Å². The number of nitrogens with zero attached hydrogens (tertiary/aromatic N) is 3. The van der Waals surface area contributed by atoms with Gasteiger partial charge in [-0.05, 0) is 43.7 Å². The van der Waals surface area contributed by atoms with Crippen LogP contribution in [-0.2, 0) is 4.79 Å². The Bertz CT molecular complexity index is 562. The molecule has 2 aliphatic rings. The second-order valence-electron chi connectivity index (χ2n) is 6.36. The maximum atomic E-state index is 12.3. The van der Waals surface area contributed by atoms with Gasteiger partial charge in [-0.25, -0.2) is 4.79 Å². The Morgan fingerprint density at radius 1 is 1.17 bits per heavy atom. The van der Waals surface area contributed by atoms with Crippen molar-refractivity contribution in [3.8, 4) is 0 Å². The van der Waals surface area contributed by atoms with Crippen LogP contribution in [0.5, 0.6) is 0 Å². The lowest BCUT2D eigenvalue weighted by atomic mass is 9.93. The molecule has 0 bridgehead atoms. The predicted molar refractivity (Wildman–Crippen MR) is 86.0 cm³/mol. The molecule has 1 saturated carbocycles. The highest BCUT2D eigenvalue weighted by molar-refractivity contribution is 5.88. The van der Waals surface area contributed by atoms with Crippen LogP contribution in [0, 0.1) is 5.92 Å². The van der Waals surface area contributed by atoms with Gasteiger partial charge in [0.1, 0.15) is 0 Å². The summed E-state index contributed by atoms with van der Waals surface area (Å²) in [4.78, 5) is 25.4. The molecule has 2 fully saturated rings. The predicted octanol–water partition coefficient (Wildman–Crippen LogP) is 1.73. The fraction of sp³-hybridized carbons (Fsp3) is 0.625.